The van der Waals surface area contributed by atoms with Crippen molar-refractivity contribution in [3.8, 4) is 0 Å². The van der Waals surface area contributed by atoms with Crippen molar-refractivity contribution in [1.29, 1.82) is 0 Å². The molecule has 0 radical (unpaired) electrons. The zero-order valence-electron chi connectivity index (χ0n) is 66.4. The first-order chi connectivity index (χ1) is 54.6. The minimum atomic E-state index is -1.90. The lowest BCUT2D eigenvalue weighted by atomic mass is 10.0. The highest BCUT2D eigenvalue weighted by Gasteiger charge is 2.41. The predicted octanol–water partition coefficient (Wildman–Crippen LogP) is -11.6. The number of nitrogens with one attached hydrogen (secondary N) is 15. The summed E-state index contributed by atoms with van der Waals surface area (Å²) in [6, 6.07) is -22.6. The van der Waals surface area contributed by atoms with Gasteiger partial charge in [-0.3, -0.25) is 86.5 Å². The number of likely N-dealkylation sites (tertiary alicyclic amines) is 1. The summed E-state index contributed by atoms with van der Waals surface area (Å²) in [5.74, 6) is -19.3. The Labute approximate surface area is 685 Å². The van der Waals surface area contributed by atoms with E-state index < -0.39 is 268 Å². The monoisotopic (exact) mass is 1710 g/mol. The molecule has 0 unspecified atom stereocenters. The lowest BCUT2D eigenvalue weighted by Crippen LogP contribution is -2.62. The molecule has 29 N–H and O–H groups in total. The van der Waals surface area contributed by atoms with Gasteiger partial charge >= 0.3 is 5.97 Å². The van der Waals surface area contributed by atoms with Gasteiger partial charge in [-0.25, -0.2) is 4.79 Å². The Hall–Kier alpha value is -9.46. The summed E-state index contributed by atoms with van der Waals surface area (Å²) in [4.78, 5) is 244. The second-order valence-electron chi connectivity index (χ2n) is 28.2. The summed E-state index contributed by atoms with van der Waals surface area (Å²) >= 11 is 6.91. The van der Waals surface area contributed by atoms with Gasteiger partial charge in [0.1, 0.15) is 84.6 Å². The molecule has 0 aromatic carbocycles. The van der Waals surface area contributed by atoms with Crippen molar-refractivity contribution < 1.29 is 117 Å². The first-order valence-corrected chi connectivity index (χ1v) is 40.7. The van der Waals surface area contributed by atoms with E-state index in [2.05, 4.69) is 97.4 Å². The fourth-order valence-electron chi connectivity index (χ4n) is 11.0. The number of carboxylic acids is 1. The van der Waals surface area contributed by atoms with Crippen LogP contribution in [0.15, 0.2) is 4.99 Å². The molecule has 0 aliphatic carbocycles. The molecule has 1 fully saturated rings. The van der Waals surface area contributed by atoms with Crippen LogP contribution in [0.25, 0.3) is 0 Å². The SMILES string of the molecule is CSCC[C@H](NC(=O)[C@H](CS)NC(=O)[C@@H](NC(=O)[C@H](C)NC(=O)[C@H](CO)NC(=O)CNC(=O)[C@H](CC(C)C)NC(=O)[C@H](CO)NC(=O)CNC(=O)[C@H](CO)NC(=O)[C@H](CC(C)C)NC(=O)[C@@H](N)CCSC)C(C)C)C(=O)N[C@@H](CO)C(=O)N[C@@H](CO)C(=O)N[C@@H](CCC(N)=O)C(=O)N1CCC[C@H]1C(=O)N[C@@H](CCCN=C(N)N)C(=O)O. The highest BCUT2D eigenvalue weighted by atomic mass is 32.2. The van der Waals surface area contributed by atoms with E-state index in [0.29, 0.717) is 12.2 Å². The third kappa shape index (κ3) is 38.5. The molecule has 0 aromatic heterocycles. The van der Waals surface area contributed by atoms with Crippen LogP contribution in [-0.4, -0.2) is 328 Å². The van der Waals surface area contributed by atoms with Gasteiger partial charge in [0.05, 0.1) is 52.2 Å². The Morgan fingerprint density at radius 1 is 0.457 bits per heavy atom. The van der Waals surface area contributed by atoms with E-state index in [1.165, 1.54) is 44.3 Å². The Balaban J connectivity index is 3.07. The number of hydrogen-bond donors (Lipinski definition) is 26. The number of aliphatic imine (C=N–C) groups is 1. The quantitative estimate of drug-likeness (QED) is 0.0116. The van der Waals surface area contributed by atoms with Crippen LogP contribution in [0, 0.1) is 17.8 Å². The van der Waals surface area contributed by atoms with E-state index in [-0.39, 0.29) is 81.6 Å². The average molecular weight is 1710 g/mol. The van der Waals surface area contributed by atoms with Gasteiger partial charge in [0.25, 0.3) is 0 Å². The molecule has 0 spiro atoms. The number of nitrogens with two attached hydrogens (primary N) is 4. The zero-order chi connectivity index (χ0) is 88.2. The van der Waals surface area contributed by atoms with E-state index in [0.717, 1.165) is 4.90 Å². The molecule has 0 bridgehead atoms. The average Bonchev–Trinajstić information content (AvgIpc) is 1.64. The number of aliphatic hydroxyl groups excluding tert-OH is 5. The second kappa shape index (κ2) is 55.2. The maximum absolute atomic E-state index is 14.1. The van der Waals surface area contributed by atoms with E-state index in [4.69, 9.17) is 22.9 Å². The molecule has 1 rings (SSSR count). The van der Waals surface area contributed by atoms with Crippen LogP contribution in [0.2, 0.25) is 0 Å². The van der Waals surface area contributed by atoms with Crippen molar-refractivity contribution in [2.45, 2.75) is 203 Å². The lowest BCUT2D eigenvalue weighted by Gasteiger charge is -2.30. The van der Waals surface area contributed by atoms with Gasteiger partial charge in [0.15, 0.2) is 5.96 Å². The third-order valence-electron chi connectivity index (χ3n) is 17.4. The van der Waals surface area contributed by atoms with Crippen molar-refractivity contribution in [3.63, 3.8) is 0 Å². The highest BCUT2D eigenvalue weighted by Crippen LogP contribution is 2.21. The van der Waals surface area contributed by atoms with Gasteiger partial charge in [-0.2, -0.15) is 36.2 Å². The van der Waals surface area contributed by atoms with Gasteiger partial charge in [0.2, 0.25) is 100 Å². The van der Waals surface area contributed by atoms with E-state index in [1.807, 2.05) is 6.26 Å². The molecule has 0 saturated carbocycles. The fraction of sp³-hybridized carbons (Fsp3) is 0.721. The van der Waals surface area contributed by atoms with E-state index in [9.17, 15) is 117 Å². The third-order valence-corrected chi connectivity index (χ3v) is 19.0. The number of thioether (sulfide) groups is 2. The second-order valence-corrected chi connectivity index (χ2v) is 30.5. The summed E-state index contributed by atoms with van der Waals surface area (Å²) in [7, 11) is 0. The van der Waals surface area contributed by atoms with Crippen LogP contribution < -0.4 is 103 Å². The Morgan fingerprint density at radius 3 is 1.32 bits per heavy atom. The number of carbonyl (C=O) groups excluding carboxylic acids is 17. The van der Waals surface area contributed by atoms with Crippen LogP contribution in [-0.2, 0) is 86.3 Å². The number of rotatable bonds is 56. The summed E-state index contributed by atoms with van der Waals surface area (Å²) in [5.41, 5.74) is 22.0. The first kappa shape index (κ1) is 105. The molecule has 45 nitrogen and oxygen atoms in total. The molecule has 15 atom stereocenters. The van der Waals surface area contributed by atoms with Crippen molar-refractivity contribution in [1.82, 2.24) is 84.7 Å². The van der Waals surface area contributed by atoms with Crippen molar-refractivity contribution in [2.24, 2.45) is 45.7 Å². The van der Waals surface area contributed by atoms with Crippen LogP contribution in [0.4, 0.5) is 0 Å². The van der Waals surface area contributed by atoms with Crippen LogP contribution >= 0.6 is 36.2 Å². The summed E-state index contributed by atoms with van der Waals surface area (Å²) in [6.45, 7) is 4.14. The van der Waals surface area contributed by atoms with Gasteiger partial charge in [-0.1, -0.05) is 41.5 Å². The fourth-order valence-corrected chi connectivity index (χ4v) is 12.2. The number of thiol groups is 1. The maximum atomic E-state index is 14.1. The Bertz CT molecular complexity index is 3360. The van der Waals surface area contributed by atoms with E-state index >= 15 is 0 Å². The topological polar surface area (TPSA) is 729 Å². The van der Waals surface area contributed by atoms with Gasteiger partial charge in [-0.15, -0.1) is 0 Å². The first-order valence-electron chi connectivity index (χ1n) is 37.3. The molecule has 1 saturated heterocycles. The van der Waals surface area contributed by atoms with Gasteiger partial charge in [-0.05, 0) is 106 Å². The van der Waals surface area contributed by atoms with Crippen LogP contribution in [0.5, 0.6) is 0 Å². The number of amides is 17. The molecule has 116 heavy (non-hydrogen) atoms. The predicted molar refractivity (Wildman–Crippen MR) is 425 cm³/mol. The van der Waals surface area contributed by atoms with E-state index in [1.54, 1.807) is 34.0 Å². The Kier molecular flexibility index (Phi) is 49.8. The van der Waals surface area contributed by atoms with Crippen molar-refractivity contribution >= 4 is 149 Å². The summed E-state index contributed by atoms with van der Waals surface area (Å²) in [6.07, 6.45) is 3.24. The molecular formula is C68H119N21O24S3. The number of aliphatic hydroxyl groups is 5. The molecule has 0 aromatic rings. The lowest BCUT2D eigenvalue weighted by molar-refractivity contribution is -0.145. The number of guanidine groups is 1. The molecule has 17 amide bonds. The molecule has 48 heteroatoms. The highest BCUT2D eigenvalue weighted by molar-refractivity contribution is 7.98. The number of primary amides is 1. The minimum Gasteiger partial charge on any atom is -0.480 e. The minimum absolute atomic E-state index is 0.0487. The number of carbonyl (C=O) groups is 18. The molecule has 1 aliphatic rings. The number of nitrogens with zero attached hydrogens (tertiary/aromatic N) is 2. The molecule has 1 aliphatic heterocycles. The summed E-state index contributed by atoms with van der Waals surface area (Å²) < 4.78 is 0. The number of carboxylic acid groups (broad SMARTS) is 1. The van der Waals surface area contributed by atoms with Crippen LogP contribution in [0.3, 0.4) is 0 Å². The molecule has 658 valence electrons. The Morgan fingerprint density at radius 2 is 0.862 bits per heavy atom. The zero-order valence-corrected chi connectivity index (χ0v) is 69.0. The van der Waals surface area contributed by atoms with Crippen LogP contribution in [0.1, 0.15) is 113 Å². The normalized spacial score (nSPS) is 16.1. The largest absolute Gasteiger partial charge is 0.480 e. The summed E-state index contributed by atoms with van der Waals surface area (Å²) in [5, 5.41) is 95.5. The van der Waals surface area contributed by atoms with Gasteiger partial charge < -0.3 is 138 Å². The van der Waals surface area contributed by atoms with Crippen molar-refractivity contribution in [2.75, 3.05) is 89.0 Å². The smallest absolute Gasteiger partial charge is 0.326 e. The number of aliphatic carboxylic acids is 1. The number of hydrogen-bond acceptors (Lipinski definition) is 28. The molecule has 1 heterocycles. The van der Waals surface area contributed by atoms with Gasteiger partial charge in [0, 0.05) is 25.3 Å². The molecular weight excluding hydrogens is 1590 g/mol. The standard InChI is InChI=1S/C68H119N21O24S3/c1-32(2)22-40(83-60(105)44(28-92)78-51(97)25-75-56(101)42(26-90)84-58(103)41(23-33(3)4)82-54(99)36(69)16-20-115-8)55(100)74-24-50(96)77-43(27-91)59(104)76-35(7)53(98)88-52(34(5)6)65(110)87-47(31-114)63(108)79-37(17-21-116-9)57(102)85-46(30-94)62(107)86-45(29-93)61(106)80-38(14-15-49(70)95)66(111)89-19-11-13-48(89)64(109)81-39(67(112)113)12-10-18-73-68(71)72/h32-48,52,90-94,114H,10-31,69H2,1-9H3,(H2,70,95)(H,74,100)(H,75,101)(H,76,104)(H,77,96)(H,78,97)(H,79,108)(H,80,106)(H,81,109)(H,82,99)(H,83,105)(H,84,103)(H,85,102)(H,86,107)(H,87,110)(H,88,98)(H,112,113)(H4,71,72,73)/t35-,36-,37-,38-,39-,40-,41-,42-,43-,44-,45-,46-,47-,48-,52-/m0/s1. The maximum Gasteiger partial charge on any atom is 0.326 e. The van der Waals surface area contributed by atoms with Crippen molar-refractivity contribution in [3.05, 3.63) is 0 Å².